The molecule has 2 aromatic carbocycles. The molecule has 2 fully saturated rings. The quantitative estimate of drug-likeness (QED) is 0.285. The summed E-state index contributed by atoms with van der Waals surface area (Å²) in [5.74, 6) is -1.66. The standard InChI is InChI=1S/C24H22O6/c1-14(23(27)29-19-10-6-17(7-11-19)21(25)15-2-3-15)24(28)30-20-12-8-18(9-13-20)22(26)16-4-5-16/h6-16H,2-5H2,1H3. The number of ketones is 2. The number of carbonyl (C=O) groups excluding carboxylic acids is 4. The van der Waals surface area contributed by atoms with Crippen LogP contribution in [0.1, 0.15) is 53.3 Å². The average Bonchev–Trinajstić information content (AvgIpc) is 3.66. The summed E-state index contributed by atoms with van der Waals surface area (Å²) in [4.78, 5) is 48.6. The van der Waals surface area contributed by atoms with E-state index in [9.17, 15) is 19.2 Å². The second-order valence-corrected chi connectivity index (χ2v) is 7.89. The minimum absolute atomic E-state index is 0.106. The molecule has 0 amide bonds. The van der Waals surface area contributed by atoms with E-state index in [0.717, 1.165) is 25.7 Å². The summed E-state index contributed by atoms with van der Waals surface area (Å²) in [5, 5.41) is 0. The zero-order valence-electron chi connectivity index (χ0n) is 16.6. The van der Waals surface area contributed by atoms with Crippen molar-refractivity contribution in [3.05, 3.63) is 59.7 Å². The zero-order valence-corrected chi connectivity index (χ0v) is 16.6. The van der Waals surface area contributed by atoms with E-state index < -0.39 is 17.9 Å². The van der Waals surface area contributed by atoms with Gasteiger partial charge in [-0.25, -0.2) is 0 Å². The third-order valence-corrected chi connectivity index (χ3v) is 5.32. The molecule has 0 aromatic heterocycles. The van der Waals surface area contributed by atoms with Gasteiger partial charge in [0.2, 0.25) is 0 Å². The van der Waals surface area contributed by atoms with Crippen molar-refractivity contribution in [2.75, 3.05) is 0 Å². The second-order valence-electron chi connectivity index (χ2n) is 7.89. The maximum atomic E-state index is 12.3. The van der Waals surface area contributed by atoms with Crippen LogP contribution >= 0.6 is 0 Å². The molecular weight excluding hydrogens is 384 g/mol. The molecular formula is C24H22O6. The van der Waals surface area contributed by atoms with Crippen LogP contribution in [0.3, 0.4) is 0 Å². The Hall–Kier alpha value is -3.28. The van der Waals surface area contributed by atoms with Gasteiger partial charge in [-0.1, -0.05) is 0 Å². The van der Waals surface area contributed by atoms with Gasteiger partial charge in [0, 0.05) is 23.0 Å². The second kappa shape index (κ2) is 8.22. The van der Waals surface area contributed by atoms with Gasteiger partial charge in [-0.15, -0.1) is 0 Å². The summed E-state index contributed by atoms with van der Waals surface area (Å²) >= 11 is 0. The van der Waals surface area contributed by atoms with Crippen molar-refractivity contribution in [2.24, 2.45) is 17.8 Å². The predicted octanol–water partition coefficient (Wildman–Crippen LogP) is 4.02. The van der Waals surface area contributed by atoms with Gasteiger partial charge in [-0.2, -0.15) is 0 Å². The molecule has 2 saturated carbocycles. The summed E-state index contributed by atoms with van der Waals surface area (Å²) in [6, 6.07) is 12.7. The van der Waals surface area contributed by atoms with E-state index in [1.807, 2.05) is 0 Å². The van der Waals surface area contributed by atoms with E-state index in [0.29, 0.717) is 11.1 Å². The van der Waals surface area contributed by atoms with Crippen molar-refractivity contribution in [3.8, 4) is 11.5 Å². The number of benzene rings is 2. The normalized spacial score (nSPS) is 15.5. The number of rotatable bonds is 8. The fourth-order valence-corrected chi connectivity index (χ4v) is 3.04. The highest BCUT2D eigenvalue weighted by Gasteiger charge is 2.31. The number of esters is 2. The third-order valence-electron chi connectivity index (χ3n) is 5.32. The molecule has 0 radical (unpaired) electrons. The number of hydrogen-bond acceptors (Lipinski definition) is 6. The number of Topliss-reactive ketones (excluding diaryl/α,β-unsaturated/α-hetero) is 2. The Morgan fingerprint density at radius 1 is 0.667 bits per heavy atom. The highest BCUT2D eigenvalue weighted by Crippen LogP contribution is 2.33. The molecule has 0 unspecified atom stereocenters. The lowest BCUT2D eigenvalue weighted by atomic mass is 10.1. The van der Waals surface area contributed by atoms with Gasteiger partial charge >= 0.3 is 11.9 Å². The van der Waals surface area contributed by atoms with Crippen molar-refractivity contribution in [3.63, 3.8) is 0 Å². The lowest BCUT2D eigenvalue weighted by Gasteiger charge is -2.11. The van der Waals surface area contributed by atoms with Crippen molar-refractivity contribution in [1.82, 2.24) is 0 Å². The molecule has 154 valence electrons. The van der Waals surface area contributed by atoms with E-state index in [2.05, 4.69) is 0 Å². The van der Waals surface area contributed by atoms with Gasteiger partial charge in [0.1, 0.15) is 11.5 Å². The summed E-state index contributed by atoms with van der Waals surface area (Å²) < 4.78 is 10.5. The predicted molar refractivity (Wildman–Crippen MR) is 107 cm³/mol. The van der Waals surface area contributed by atoms with Crippen molar-refractivity contribution < 1.29 is 28.7 Å². The maximum Gasteiger partial charge on any atom is 0.325 e. The Balaban J connectivity index is 1.31. The fraction of sp³-hybridized carbons (Fsp3) is 0.333. The Morgan fingerprint density at radius 2 is 1.00 bits per heavy atom. The first-order chi connectivity index (χ1) is 14.4. The highest BCUT2D eigenvalue weighted by atomic mass is 16.6. The van der Waals surface area contributed by atoms with Gasteiger partial charge in [-0.05, 0) is 81.1 Å². The van der Waals surface area contributed by atoms with E-state index >= 15 is 0 Å². The van der Waals surface area contributed by atoms with Crippen molar-refractivity contribution in [2.45, 2.75) is 32.6 Å². The van der Waals surface area contributed by atoms with Crippen LogP contribution in [0, 0.1) is 17.8 Å². The first-order valence-corrected chi connectivity index (χ1v) is 10.1. The molecule has 0 heterocycles. The molecule has 6 nitrogen and oxygen atoms in total. The maximum absolute atomic E-state index is 12.3. The molecule has 0 atom stereocenters. The molecule has 2 aromatic rings. The molecule has 0 spiro atoms. The lowest BCUT2D eigenvalue weighted by Crippen LogP contribution is -2.29. The topological polar surface area (TPSA) is 86.7 Å². The van der Waals surface area contributed by atoms with Crippen LogP contribution in [0.15, 0.2) is 48.5 Å². The Kier molecular flexibility index (Phi) is 5.48. The third kappa shape index (κ3) is 4.64. The summed E-state index contributed by atoms with van der Waals surface area (Å²) in [6.45, 7) is 1.40. The Morgan fingerprint density at radius 3 is 1.30 bits per heavy atom. The van der Waals surface area contributed by atoms with Crippen LogP contribution in [0.2, 0.25) is 0 Å². The Bertz CT molecular complexity index is 900. The number of hydrogen-bond donors (Lipinski definition) is 0. The smallest absolute Gasteiger partial charge is 0.325 e. The molecule has 30 heavy (non-hydrogen) atoms. The van der Waals surface area contributed by atoms with Crippen LogP contribution in [0.25, 0.3) is 0 Å². The number of ether oxygens (including phenoxy) is 2. The zero-order chi connectivity index (χ0) is 21.3. The van der Waals surface area contributed by atoms with Gasteiger partial charge in [0.05, 0.1) is 0 Å². The molecule has 0 N–H and O–H groups in total. The number of carbonyl (C=O) groups is 4. The highest BCUT2D eigenvalue weighted by molar-refractivity contribution is 6.00. The molecule has 0 saturated heterocycles. The van der Waals surface area contributed by atoms with Crippen LogP contribution in [0.5, 0.6) is 11.5 Å². The first-order valence-electron chi connectivity index (χ1n) is 10.1. The van der Waals surface area contributed by atoms with Gasteiger partial charge < -0.3 is 9.47 Å². The minimum Gasteiger partial charge on any atom is -0.426 e. The molecule has 2 aliphatic rings. The molecule has 4 rings (SSSR count). The molecule has 0 bridgehead atoms. The van der Waals surface area contributed by atoms with Gasteiger partial charge in [-0.3, -0.25) is 19.2 Å². The SMILES string of the molecule is CC(C(=O)Oc1ccc(C(=O)C2CC2)cc1)C(=O)Oc1ccc(C(=O)C2CC2)cc1. The molecule has 6 heteroatoms. The van der Waals surface area contributed by atoms with E-state index in [4.69, 9.17) is 9.47 Å². The van der Waals surface area contributed by atoms with E-state index in [1.54, 1.807) is 48.5 Å². The summed E-state index contributed by atoms with van der Waals surface area (Å²) in [7, 11) is 0. The van der Waals surface area contributed by atoms with Crippen LogP contribution in [-0.4, -0.2) is 23.5 Å². The summed E-state index contributed by atoms with van der Waals surface area (Å²) in [6.07, 6.45) is 3.70. The van der Waals surface area contributed by atoms with Crippen molar-refractivity contribution in [1.29, 1.82) is 0 Å². The van der Waals surface area contributed by atoms with Crippen molar-refractivity contribution >= 4 is 23.5 Å². The van der Waals surface area contributed by atoms with Crippen LogP contribution in [0.4, 0.5) is 0 Å². The van der Waals surface area contributed by atoms with Crippen LogP contribution in [-0.2, 0) is 9.59 Å². The van der Waals surface area contributed by atoms with E-state index in [1.165, 1.54) is 6.92 Å². The van der Waals surface area contributed by atoms with E-state index in [-0.39, 0.29) is 34.9 Å². The first kappa shape index (κ1) is 20.0. The summed E-state index contributed by atoms with van der Waals surface area (Å²) in [5.41, 5.74) is 1.18. The van der Waals surface area contributed by atoms with Gasteiger partial charge in [0.15, 0.2) is 17.5 Å². The Labute approximate surface area is 174 Å². The monoisotopic (exact) mass is 406 g/mol. The van der Waals surface area contributed by atoms with Gasteiger partial charge in [0.25, 0.3) is 0 Å². The largest absolute Gasteiger partial charge is 0.426 e. The minimum atomic E-state index is -1.13. The average molecular weight is 406 g/mol. The van der Waals surface area contributed by atoms with Crippen LogP contribution < -0.4 is 9.47 Å². The molecule has 0 aliphatic heterocycles. The fourth-order valence-electron chi connectivity index (χ4n) is 3.04. The lowest BCUT2D eigenvalue weighted by molar-refractivity contribution is -0.150. The molecule has 2 aliphatic carbocycles.